The molecule has 0 aromatic carbocycles. The second-order valence-corrected chi connectivity index (χ2v) is 6.38. The molecular weight excluding hydrogens is 248 g/mol. The van der Waals surface area contributed by atoms with Crippen LogP contribution in [0.5, 0.6) is 0 Å². The lowest BCUT2D eigenvalue weighted by molar-refractivity contribution is 0.282. The fraction of sp³-hybridized carbons (Fsp3) is 1.00. The monoisotopic (exact) mass is 284 g/mol. The molecule has 0 aromatic rings. The van der Waals surface area contributed by atoms with E-state index in [1.165, 1.54) is 83.5 Å². The standard InChI is InChI=1S/C18H36O2/c1-2-17-18(20-17)15-13-11-9-7-5-3-4-6-8-10-12-14-16-19/h17-19H,2-16H2,1H3/t17-,18+/m1/s1. The Hall–Kier alpha value is -0.0800. The minimum absolute atomic E-state index is 0.367. The Labute approximate surface area is 126 Å². The van der Waals surface area contributed by atoms with Crippen molar-refractivity contribution in [1.82, 2.24) is 0 Å². The Morgan fingerprint density at radius 3 is 1.50 bits per heavy atom. The molecule has 1 fully saturated rings. The van der Waals surface area contributed by atoms with Gasteiger partial charge in [-0.2, -0.15) is 0 Å². The van der Waals surface area contributed by atoms with E-state index in [1.54, 1.807) is 0 Å². The van der Waals surface area contributed by atoms with Crippen LogP contribution in [0.1, 0.15) is 96.8 Å². The van der Waals surface area contributed by atoms with E-state index in [0.29, 0.717) is 18.8 Å². The van der Waals surface area contributed by atoms with Crippen LogP contribution in [0.25, 0.3) is 0 Å². The van der Waals surface area contributed by atoms with Gasteiger partial charge in [-0.25, -0.2) is 0 Å². The van der Waals surface area contributed by atoms with Crippen LogP contribution < -0.4 is 0 Å². The van der Waals surface area contributed by atoms with Crippen LogP contribution in [-0.4, -0.2) is 23.9 Å². The van der Waals surface area contributed by atoms with E-state index < -0.39 is 0 Å². The average Bonchev–Trinajstić information content (AvgIpc) is 3.22. The molecule has 0 radical (unpaired) electrons. The van der Waals surface area contributed by atoms with E-state index in [9.17, 15) is 0 Å². The third-order valence-corrected chi connectivity index (χ3v) is 4.49. The lowest BCUT2D eigenvalue weighted by Gasteiger charge is -2.02. The van der Waals surface area contributed by atoms with Gasteiger partial charge in [0.2, 0.25) is 0 Å². The first-order chi connectivity index (χ1) is 9.88. The summed E-state index contributed by atoms with van der Waals surface area (Å²) < 4.78 is 5.56. The molecule has 1 saturated heterocycles. The summed E-state index contributed by atoms with van der Waals surface area (Å²) in [6.45, 7) is 2.59. The summed E-state index contributed by atoms with van der Waals surface area (Å²) in [5.41, 5.74) is 0. The molecule has 0 amide bonds. The molecule has 0 spiro atoms. The fourth-order valence-electron chi connectivity index (χ4n) is 3.02. The molecule has 0 unspecified atom stereocenters. The molecule has 2 atom stereocenters. The van der Waals surface area contributed by atoms with Gasteiger partial charge in [0.15, 0.2) is 0 Å². The molecular formula is C18H36O2. The van der Waals surface area contributed by atoms with Crippen molar-refractivity contribution in [2.24, 2.45) is 0 Å². The first kappa shape index (κ1) is 18.0. The van der Waals surface area contributed by atoms with Crippen molar-refractivity contribution < 1.29 is 9.84 Å². The van der Waals surface area contributed by atoms with Crippen molar-refractivity contribution in [1.29, 1.82) is 0 Å². The summed E-state index contributed by atoms with van der Waals surface area (Å²) in [7, 11) is 0. The van der Waals surface area contributed by atoms with Gasteiger partial charge < -0.3 is 9.84 Å². The Kier molecular flexibility index (Phi) is 11.4. The van der Waals surface area contributed by atoms with E-state index in [1.807, 2.05) is 0 Å². The minimum atomic E-state index is 0.367. The molecule has 1 aliphatic heterocycles. The molecule has 0 saturated carbocycles. The molecule has 2 nitrogen and oxygen atoms in total. The van der Waals surface area contributed by atoms with Crippen LogP contribution in [0.3, 0.4) is 0 Å². The molecule has 0 bridgehead atoms. The highest BCUT2D eigenvalue weighted by Crippen LogP contribution is 2.29. The van der Waals surface area contributed by atoms with Crippen LogP contribution in [0.2, 0.25) is 0 Å². The summed E-state index contributed by atoms with van der Waals surface area (Å²) in [6, 6.07) is 0. The van der Waals surface area contributed by atoms with E-state index in [4.69, 9.17) is 9.84 Å². The highest BCUT2D eigenvalue weighted by molar-refractivity contribution is 4.82. The Balaban J connectivity index is 1.65. The van der Waals surface area contributed by atoms with Gasteiger partial charge >= 0.3 is 0 Å². The zero-order valence-corrected chi connectivity index (χ0v) is 13.6. The van der Waals surface area contributed by atoms with Crippen LogP contribution in [0, 0.1) is 0 Å². The van der Waals surface area contributed by atoms with Crippen LogP contribution >= 0.6 is 0 Å². The third kappa shape index (κ3) is 9.77. The molecule has 1 N–H and O–H groups in total. The maximum absolute atomic E-state index is 8.68. The van der Waals surface area contributed by atoms with Crippen molar-refractivity contribution in [3.8, 4) is 0 Å². The van der Waals surface area contributed by atoms with Gasteiger partial charge in [0.1, 0.15) is 0 Å². The lowest BCUT2D eigenvalue weighted by atomic mass is 10.0. The molecule has 0 aromatic heterocycles. The maximum atomic E-state index is 8.68. The van der Waals surface area contributed by atoms with Gasteiger partial charge in [-0.15, -0.1) is 0 Å². The summed E-state index contributed by atoms with van der Waals surface area (Å²) in [4.78, 5) is 0. The number of rotatable bonds is 15. The third-order valence-electron chi connectivity index (χ3n) is 4.49. The van der Waals surface area contributed by atoms with Crippen molar-refractivity contribution >= 4 is 0 Å². The molecule has 120 valence electrons. The number of hydrogen-bond donors (Lipinski definition) is 1. The van der Waals surface area contributed by atoms with E-state index >= 15 is 0 Å². The number of aliphatic hydroxyl groups is 1. The maximum Gasteiger partial charge on any atom is 0.0841 e. The van der Waals surface area contributed by atoms with E-state index in [0.717, 1.165) is 6.42 Å². The SMILES string of the molecule is CC[C@H]1O[C@H]1CCCCCCCCCCCCCCO. The van der Waals surface area contributed by atoms with Gasteiger partial charge in [-0.3, -0.25) is 0 Å². The largest absolute Gasteiger partial charge is 0.396 e. The Morgan fingerprint density at radius 1 is 0.650 bits per heavy atom. The fourth-order valence-corrected chi connectivity index (χ4v) is 3.02. The molecule has 0 aliphatic carbocycles. The van der Waals surface area contributed by atoms with Crippen molar-refractivity contribution in [2.45, 2.75) is 109 Å². The zero-order valence-electron chi connectivity index (χ0n) is 13.6. The van der Waals surface area contributed by atoms with Crippen molar-refractivity contribution in [3.63, 3.8) is 0 Å². The molecule has 1 rings (SSSR count). The normalized spacial score (nSPS) is 21.3. The second-order valence-electron chi connectivity index (χ2n) is 6.38. The summed E-state index contributed by atoms with van der Waals surface area (Å²) in [6.07, 6.45) is 19.8. The molecule has 2 heteroatoms. The minimum Gasteiger partial charge on any atom is -0.396 e. The lowest BCUT2D eigenvalue weighted by Crippen LogP contribution is -1.92. The molecule has 20 heavy (non-hydrogen) atoms. The Morgan fingerprint density at radius 2 is 1.10 bits per heavy atom. The summed E-state index contributed by atoms with van der Waals surface area (Å²) in [5, 5.41) is 8.68. The molecule has 1 aliphatic rings. The predicted octanol–water partition coefficient (Wildman–Crippen LogP) is 5.23. The van der Waals surface area contributed by atoms with E-state index in [-0.39, 0.29) is 0 Å². The van der Waals surface area contributed by atoms with Gasteiger partial charge in [0.25, 0.3) is 0 Å². The van der Waals surface area contributed by atoms with Crippen molar-refractivity contribution in [2.75, 3.05) is 6.61 Å². The van der Waals surface area contributed by atoms with Crippen LogP contribution in [0.15, 0.2) is 0 Å². The van der Waals surface area contributed by atoms with Gasteiger partial charge in [-0.05, 0) is 19.3 Å². The zero-order chi connectivity index (χ0) is 14.5. The van der Waals surface area contributed by atoms with Gasteiger partial charge in [0.05, 0.1) is 12.2 Å². The highest BCUT2D eigenvalue weighted by atomic mass is 16.6. The number of hydrogen-bond acceptors (Lipinski definition) is 2. The average molecular weight is 284 g/mol. The van der Waals surface area contributed by atoms with Gasteiger partial charge in [0, 0.05) is 6.61 Å². The smallest absolute Gasteiger partial charge is 0.0841 e. The van der Waals surface area contributed by atoms with E-state index in [2.05, 4.69) is 6.92 Å². The van der Waals surface area contributed by atoms with Crippen LogP contribution in [-0.2, 0) is 4.74 Å². The van der Waals surface area contributed by atoms with Crippen molar-refractivity contribution in [3.05, 3.63) is 0 Å². The second kappa shape index (κ2) is 12.6. The quantitative estimate of drug-likeness (QED) is 0.330. The molecule has 1 heterocycles. The highest BCUT2D eigenvalue weighted by Gasteiger charge is 2.35. The number of epoxide rings is 1. The number of aliphatic hydroxyl groups excluding tert-OH is 1. The first-order valence-electron chi connectivity index (χ1n) is 9.14. The first-order valence-corrected chi connectivity index (χ1v) is 9.14. The van der Waals surface area contributed by atoms with Gasteiger partial charge in [-0.1, -0.05) is 77.6 Å². The van der Waals surface area contributed by atoms with Crippen LogP contribution in [0.4, 0.5) is 0 Å². The number of unbranched alkanes of at least 4 members (excludes halogenated alkanes) is 11. The summed E-state index contributed by atoms with van der Waals surface area (Å²) >= 11 is 0. The topological polar surface area (TPSA) is 32.8 Å². The predicted molar refractivity (Wildman–Crippen MR) is 86.1 cm³/mol. The summed E-state index contributed by atoms with van der Waals surface area (Å²) in [5.74, 6) is 0. The number of ether oxygens (including phenoxy) is 1. The Bertz CT molecular complexity index is 206.